The molecule has 1 unspecified atom stereocenters. The number of rotatable bonds is 9. The molecule has 0 radical (unpaired) electrons. The molecule has 0 saturated carbocycles. The number of pyridine rings is 1. The molecule has 0 aromatic carbocycles. The summed E-state index contributed by atoms with van der Waals surface area (Å²) in [6.07, 6.45) is 2.29. The van der Waals surface area contributed by atoms with E-state index in [1.807, 2.05) is 26.0 Å². The van der Waals surface area contributed by atoms with Gasteiger partial charge in [-0.05, 0) is 45.9 Å². The Hall–Kier alpha value is -1.62. The Kier molecular flexibility index (Phi) is 7.75. The van der Waals surface area contributed by atoms with Crippen LogP contribution in [0.5, 0.6) is 5.75 Å². The molecule has 0 aliphatic carbocycles. The molecule has 1 heterocycles. The Morgan fingerprint density at radius 2 is 2.05 bits per heavy atom. The number of aromatic nitrogens is 1. The number of carbonyl (C=O) groups excluding carboxylic acids is 1. The molecule has 0 saturated heterocycles. The second-order valence-electron chi connectivity index (χ2n) is 4.93. The molecule has 118 valence electrons. The first kappa shape index (κ1) is 17.4. The summed E-state index contributed by atoms with van der Waals surface area (Å²) in [6.45, 7) is 11.0. The van der Waals surface area contributed by atoms with Crippen molar-refractivity contribution >= 4 is 5.91 Å². The molecule has 1 amide bonds. The number of hydrogen-bond acceptors (Lipinski definition) is 4. The summed E-state index contributed by atoms with van der Waals surface area (Å²) in [7, 11) is 0. The van der Waals surface area contributed by atoms with E-state index in [2.05, 4.69) is 17.2 Å². The minimum atomic E-state index is -0.490. The van der Waals surface area contributed by atoms with Crippen LogP contribution < -0.4 is 10.1 Å². The number of nitrogens with zero attached hydrogens (tertiary/aromatic N) is 2. The topological polar surface area (TPSA) is 54.5 Å². The van der Waals surface area contributed by atoms with Gasteiger partial charge in [0.2, 0.25) is 0 Å². The fourth-order valence-corrected chi connectivity index (χ4v) is 2.03. The Morgan fingerprint density at radius 1 is 1.33 bits per heavy atom. The highest BCUT2D eigenvalue weighted by atomic mass is 16.5. The molecule has 0 fully saturated rings. The van der Waals surface area contributed by atoms with Crippen LogP contribution in [-0.4, -0.2) is 41.5 Å². The first-order chi connectivity index (χ1) is 10.1. The summed E-state index contributed by atoms with van der Waals surface area (Å²) in [5.74, 6) is 0.635. The second-order valence-corrected chi connectivity index (χ2v) is 4.93. The van der Waals surface area contributed by atoms with Gasteiger partial charge < -0.3 is 15.0 Å². The molecule has 0 aliphatic heterocycles. The predicted molar refractivity (Wildman–Crippen MR) is 84.3 cm³/mol. The molecule has 5 nitrogen and oxygen atoms in total. The van der Waals surface area contributed by atoms with Gasteiger partial charge in [0, 0.05) is 19.6 Å². The van der Waals surface area contributed by atoms with Crippen LogP contribution in [0, 0.1) is 0 Å². The third-order valence-electron chi connectivity index (χ3n) is 3.27. The predicted octanol–water partition coefficient (Wildman–Crippen LogP) is 2.22. The zero-order chi connectivity index (χ0) is 15.7. The summed E-state index contributed by atoms with van der Waals surface area (Å²) in [4.78, 5) is 18.2. The average Bonchev–Trinajstić information content (AvgIpc) is 2.50. The fraction of sp³-hybridized carbons (Fsp3) is 0.625. The standard InChI is InChI=1S/C16H27N3O2/c1-5-10-17-11-14-8-9-15(12-18-14)21-13(4)16(20)19(6-2)7-3/h8-9,12-13,17H,5-7,10-11H2,1-4H3. The van der Waals surface area contributed by atoms with E-state index in [0.717, 1.165) is 25.2 Å². The molecular weight excluding hydrogens is 266 g/mol. The highest BCUT2D eigenvalue weighted by molar-refractivity contribution is 5.80. The largest absolute Gasteiger partial charge is 0.479 e. The molecule has 1 N–H and O–H groups in total. The van der Waals surface area contributed by atoms with Crippen molar-refractivity contribution in [1.82, 2.24) is 15.2 Å². The Balaban J connectivity index is 2.52. The van der Waals surface area contributed by atoms with Crippen LogP contribution in [0.2, 0.25) is 0 Å². The number of carbonyl (C=O) groups is 1. The Morgan fingerprint density at radius 3 is 2.57 bits per heavy atom. The molecule has 1 aromatic heterocycles. The SMILES string of the molecule is CCCNCc1ccc(OC(C)C(=O)N(CC)CC)cn1. The number of likely N-dealkylation sites (N-methyl/N-ethyl adjacent to an activating group) is 1. The van der Waals surface area contributed by atoms with Crippen LogP contribution in [0.15, 0.2) is 18.3 Å². The maximum atomic E-state index is 12.1. The first-order valence-electron chi connectivity index (χ1n) is 7.73. The van der Waals surface area contributed by atoms with Crippen molar-refractivity contribution in [3.63, 3.8) is 0 Å². The number of nitrogens with one attached hydrogen (secondary N) is 1. The highest BCUT2D eigenvalue weighted by Gasteiger charge is 2.19. The van der Waals surface area contributed by atoms with Crippen molar-refractivity contribution in [3.05, 3.63) is 24.0 Å². The Labute approximate surface area is 127 Å². The van der Waals surface area contributed by atoms with Crippen molar-refractivity contribution in [3.8, 4) is 5.75 Å². The molecule has 5 heteroatoms. The van der Waals surface area contributed by atoms with E-state index in [1.165, 1.54) is 0 Å². The van der Waals surface area contributed by atoms with Gasteiger partial charge in [-0.25, -0.2) is 0 Å². The van der Waals surface area contributed by atoms with E-state index in [9.17, 15) is 4.79 Å². The van der Waals surface area contributed by atoms with Crippen LogP contribution in [0.1, 0.15) is 39.8 Å². The number of ether oxygens (including phenoxy) is 1. The Bertz CT molecular complexity index is 416. The van der Waals surface area contributed by atoms with Crippen LogP contribution >= 0.6 is 0 Å². The van der Waals surface area contributed by atoms with Gasteiger partial charge in [0.1, 0.15) is 5.75 Å². The van der Waals surface area contributed by atoms with Crippen molar-refractivity contribution in [2.75, 3.05) is 19.6 Å². The van der Waals surface area contributed by atoms with Gasteiger partial charge in [0.25, 0.3) is 5.91 Å². The first-order valence-corrected chi connectivity index (χ1v) is 7.73. The highest BCUT2D eigenvalue weighted by Crippen LogP contribution is 2.12. The number of hydrogen-bond donors (Lipinski definition) is 1. The van der Waals surface area contributed by atoms with Crippen molar-refractivity contribution in [1.29, 1.82) is 0 Å². The van der Waals surface area contributed by atoms with Crippen LogP contribution in [0.25, 0.3) is 0 Å². The summed E-state index contributed by atoms with van der Waals surface area (Å²) in [5.41, 5.74) is 0.971. The third-order valence-corrected chi connectivity index (χ3v) is 3.27. The average molecular weight is 293 g/mol. The molecule has 0 spiro atoms. The van der Waals surface area contributed by atoms with E-state index in [0.29, 0.717) is 18.8 Å². The van der Waals surface area contributed by atoms with E-state index in [-0.39, 0.29) is 5.91 Å². The molecular formula is C16H27N3O2. The van der Waals surface area contributed by atoms with E-state index in [4.69, 9.17) is 4.74 Å². The van der Waals surface area contributed by atoms with Crippen molar-refractivity contribution in [2.24, 2.45) is 0 Å². The minimum absolute atomic E-state index is 0.00805. The van der Waals surface area contributed by atoms with Gasteiger partial charge >= 0.3 is 0 Å². The maximum absolute atomic E-state index is 12.1. The third kappa shape index (κ3) is 5.71. The van der Waals surface area contributed by atoms with Crippen LogP contribution in [-0.2, 0) is 11.3 Å². The van der Waals surface area contributed by atoms with E-state index in [1.54, 1.807) is 18.0 Å². The summed E-state index contributed by atoms with van der Waals surface area (Å²) < 4.78 is 5.67. The molecule has 1 atom stereocenters. The van der Waals surface area contributed by atoms with Gasteiger partial charge in [-0.15, -0.1) is 0 Å². The summed E-state index contributed by atoms with van der Waals surface area (Å²) >= 11 is 0. The van der Waals surface area contributed by atoms with Gasteiger partial charge in [0.15, 0.2) is 6.10 Å². The minimum Gasteiger partial charge on any atom is -0.479 e. The van der Waals surface area contributed by atoms with Gasteiger partial charge in [-0.2, -0.15) is 0 Å². The normalized spacial score (nSPS) is 12.0. The lowest BCUT2D eigenvalue weighted by Gasteiger charge is -2.23. The zero-order valence-corrected chi connectivity index (χ0v) is 13.6. The molecule has 1 rings (SSSR count). The molecule has 0 bridgehead atoms. The van der Waals surface area contributed by atoms with Gasteiger partial charge in [-0.3, -0.25) is 9.78 Å². The molecule has 1 aromatic rings. The van der Waals surface area contributed by atoms with Crippen molar-refractivity contribution in [2.45, 2.75) is 46.8 Å². The van der Waals surface area contributed by atoms with Crippen molar-refractivity contribution < 1.29 is 9.53 Å². The fourth-order valence-electron chi connectivity index (χ4n) is 2.03. The van der Waals surface area contributed by atoms with Crippen LogP contribution in [0.3, 0.4) is 0 Å². The lowest BCUT2D eigenvalue weighted by Crippen LogP contribution is -2.40. The molecule has 21 heavy (non-hydrogen) atoms. The summed E-state index contributed by atoms with van der Waals surface area (Å²) in [5, 5.41) is 3.30. The lowest BCUT2D eigenvalue weighted by atomic mass is 10.3. The van der Waals surface area contributed by atoms with E-state index >= 15 is 0 Å². The molecule has 0 aliphatic rings. The monoisotopic (exact) mass is 293 g/mol. The second kappa shape index (κ2) is 9.34. The van der Waals surface area contributed by atoms with Gasteiger partial charge in [0.05, 0.1) is 11.9 Å². The maximum Gasteiger partial charge on any atom is 0.263 e. The van der Waals surface area contributed by atoms with E-state index < -0.39 is 6.10 Å². The van der Waals surface area contributed by atoms with Gasteiger partial charge in [-0.1, -0.05) is 6.92 Å². The smallest absolute Gasteiger partial charge is 0.263 e. The summed E-state index contributed by atoms with van der Waals surface area (Å²) in [6, 6.07) is 3.79. The quantitative estimate of drug-likeness (QED) is 0.709. The zero-order valence-electron chi connectivity index (χ0n) is 13.6. The van der Waals surface area contributed by atoms with Crippen LogP contribution in [0.4, 0.5) is 0 Å². The lowest BCUT2D eigenvalue weighted by molar-refractivity contribution is -0.137. The number of amides is 1.